The van der Waals surface area contributed by atoms with E-state index in [0.29, 0.717) is 11.3 Å². The van der Waals surface area contributed by atoms with E-state index < -0.39 is 10.5 Å². The zero-order valence-corrected chi connectivity index (χ0v) is 10.7. The van der Waals surface area contributed by atoms with Gasteiger partial charge in [0, 0.05) is 0 Å². The molecule has 88 valence electrons. The molecule has 4 nitrogen and oxygen atoms in total. The molecule has 2 heterocycles. The summed E-state index contributed by atoms with van der Waals surface area (Å²) in [5.41, 5.74) is 0.923. The van der Waals surface area contributed by atoms with E-state index in [2.05, 4.69) is 5.32 Å². The first-order valence-corrected chi connectivity index (χ1v) is 6.15. The van der Waals surface area contributed by atoms with Crippen LogP contribution in [0.15, 0.2) is 11.1 Å². The van der Waals surface area contributed by atoms with Crippen molar-refractivity contribution in [2.45, 2.75) is 38.2 Å². The number of ether oxygens (including phenoxy) is 1. The van der Waals surface area contributed by atoms with Crippen molar-refractivity contribution in [1.82, 2.24) is 5.32 Å². The molecule has 1 fully saturated rings. The summed E-state index contributed by atoms with van der Waals surface area (Å²) < 4.78 is 5.31. The molecule has 0 bridgehead atoms. The molecule has 0 saturated carbocycles. The molecule has 0 aromatic heterocycles. The van der Waals surface area contributed by atoms with Crippen LogP contribution in [0, 0.1) is 0 Å². The molecule has 0 spiro atoms. The summed E-state index contributed by atoms with van der Waals surface area (Å²) in [6, 6.07) is 0. The number of thioether (sulfide) groups is 1. The lowest BCUT2D eigenvalue weighted by Gasteiger charge is -2.23. The van der Waals surface area contributed by atoms with Gasteiger partial charge in [-0.05, 0) is 33.3 Å². The van der Waals surface area contributed by atoms with Gasteiger partial charge in [-0.3, -0.25) is 4.79 Å². The molecule has 1 atom stereocenters. The summed E-state index contributed by atoms with van der Waals surface area (Å²) in [7, 11) is 0. The first kappa shape index (κ1) is 11.5. The molecule has 0 aromatic rings. The maximum Gasteiger partial charge on any atom is 0.338 e. The first-order chi connectivity index (χ1) is 7.26. The Morgan fingerprint density at radius 1 is 1.31 bits per heavy atom. The number of esters is 1. The van der Waals surface area contributed by atoms with E-state index in [0.717, 1.165) is 5.57 Å². The molecular formula is C11H15NO3S. The van der Waals surface area contributed by atoms with Gasteiger partial charge in [0.15, 0.2) is 0 Å². The molecule has 1 N–H and O–H groups in total. The second-order valence-corrected chi connectivity index (χ2v) is 6.16. The summed E-state index contributed by atoms with van der Waals surface area (Å²) in [4.78, 5) is 22.5. The second-order valence-electron chi connectivity index (χ2n) is 4.77. The van der Waals surface area contributed by atoms with Gasteiger partial charge >= 0.3 is 5.97 Å². The molecule has 2 aliphatic heterocycles. The van der Waals surface area contributed by atoms with Gasteiger partial charge in [-0.25, -0.2) is 4.79 Å². The third kappa shape index (κ3) is 1.54. The van der Waals surface area contributed by atoms with Gasteiger partial charge in [0.25, 0.3) is 0 Å². The fourth-order valence-corrected chi connectivity index (χ4v) is 3.11. The maximum atomic E-state index is 11.9. The van der Waals surface area contributed by atoms with Gasteiger partial charge in [-0.15, -0.1) is 11.8 Å². The maximum absolute atomic E-state index is 11.9. The Kier molecular flexibility index (Phi) is 2.35. The van der Waals surface area contributed by atoms with E-state index in [1.165, 1.54) is 11.8 Å². The van der Waals surface area contributed by atoms with Crippen LogP contribution in [-0.4, -0.2) is 28.1 Å². The molecule has 16 heavy (non-hydrogen) atoms. The van der Waals surface area contributed by atoms with E-state index in [9.17, 15) is 9.59 Å². The van der Waals surface area contributed by atoms with Gasteiger partial charge in [0.05, 0.1) is 11.3 Å². The third-order valence-corrected chi connectivity index (χ3v) is 4.47. The summed E-state index contributed by atoms with van der Waals surface area (Å²) in [6.07, 6.45) is 0. The predicted molar refractivity (Wildman–Crippen MR) is 61.9 cm³/mol. The highest BCUT2D eigenvalue weighted by Crippen LogP contribution is 2.43. The average Bonchev–Trinajstić information content (AvgIpc) is 2.54. The van der Waals surface area contributed by atoms with Gasteiger partial charge < -0.3 is 10.1 Å². The zero-order valence-electron chi connectivity index (χ0n) is 9.84. The van der Waals surface area contributed by atoms with E-state index in [1.807, 2.05) is 27.7 Å². The van der Waals surface area contributed by atoms with Gasteiger partial charge in [0.1, 0.15) is 10.5 Å². The Labute approximate surface area is 98.8 Å². The molecule has 2 rings (SSSR count). The van der Waals surface area contributed by atoms with Crippen LogP contribution in [0.5, 0.6) is 0 Å². The van der Waals surface area contributed by atoms with Crippen molar-refractivity contribution in [3.05, 3.63) is 11.1 Å². The summed E-state index contributed by atoms with van der Waals surface area (Å²) in [5, 5.41) is 2.84. The lowest BCUT2D eigenvalue weighted by Crippen LogP contribution is -2.40. The Hall–Kier alpha value is -0.970. The van der Waals surface area contributed by atoms with Crippen LogP contribution in [0.25, 0.3) is 0 Å². The SMILES string of the molecule is CC1=C(C2(C)NC(=O)CS2)C(=O)OC1(C)C. The predicted octanol–water partition coefficient (Wildman–Crippen LogP) is 1.22. The fourth-order valence-electron chi connectivity index (χ4n) is 2.05. The number of hydrogen-bond acceptors (Lipinski definition) is 4. The molecule has 5 heteroatoms. The van der Waals surface area contributed by atoms with Crippen LogP contribution >= 0.6 is 11.8 Å². The fraction of sp³-hybridized carbons (Fsp3) is 0.636. The monoisotopic (exact) mass is 241 g/mol. The first-order valence-electron chi connectivity index (χ1n) is 5.16. The minimum Gasteiger partial charge on any atom is -0.452 e. The van der Waals surface area contributed by atoms with Gasteiger partial charge in [0.2, 0.25) is 5.91 Å². The third-order valence-electron chi connectivity index (χ3n) is 3.18. The Morgan fingerprint density at radius 3 is 2.31 bits per heavy atom. The molecule has 2 aliphatic rings. The number of carbonyl (C=O) groups excluding carboxylic acids is 2. The quantitative estimate of drug-likeness (QED) is 0.701. The Bertz CT molecular complexity index is 413. The average molecular weight is 241 g/mol. The largest absolute Gasteiger partial charge is 0.452 e. The molecule has 0 aliphatic carbocycles. The van der Waals surface area contributed by atoms with Crippen molar-refractivity contribution < 1.29 is 14.3 Å². The number of rotatable bonds is 1. The van der Waals surface area contributed by atoms with Crippen molar-refractivity contribution in [1.29, 1.82) is 0 Å². The lowest BCUT2D eigenvalue weighted by atomic mass is 9.94. The highest BCUT2D eigenvalue weighted by Gasteiger charge is 2.49. The number of carbonyl (C=O) groups is 2. The van der Waals surface area contributed by atoms with Crippen molar-refractivity contribution in [2.24, 2.45) is 0 Å². The van der Waals surface area contributed by atoms with Crippen LogP contribution in [0.3, 0.4) is 0 Å². The molecular weight excluding hydrogens is 226 g/mol. The van der Waals surface area contributed by atoms with Crippen LogP contribution in [0.1, 0.15) is 27.7 Å². The summed E-state index contributed by atoms with van der Waals surface area (Å²) >= 11 is 1.44. The van der Waals surface area contributed by atoms with Crippen molar-refractivity contribution in [2.75, 3.05) is 5.75 Å². The zero-order chi connectivity index (χ0) is 12.1. The van der Waals surface area contributed by atoms with E-state index in [4.69, 9.17) is 4.74 Å². The van der Waals surface area contributed by atoms with Crippen LogP contribution in [0.4, 0.5) is 0 Å². The molecule has 0 radical (unpaired) electrons. The van der Waals surface area contributed by atoms with Crippen molar-refractivity contribution >= 4 is 23.6 Å². The van der Waals surface area contributed by atoms with Crippen LogP contribution < -0.4 is 5.32 Å². The normalized spacial score (nSPS) is 33.0. The van der Waals surface area contributed by atoms with Gasteiger partial charge in [-0.2, -0.15) is 0 Å². The minimum atomic E-state index is -0.633. The molecule has 1 amide bonds. The number of hydrogen-bond donors (Lipinski definition) is 1. The van der Waals surface area contributed by atoms with Crippen molar-refractivity contribution in [3.63, 3.8) is 0 Å². The number of cyclic esters (lactones) is 1. The number of nitrogens with one attached hydrogen (secondary N) is 1. The molecule has 1 unspecified atom stereocenters. The highest BCUT2D eigenvalue weighted by molar-refractivity contribution is 8.02. The standard InChI is InChI=1S/C11H15NO3S/c1-6-8(9(14)15-10(6,2)3)11(4)12-7(13)5-16-11/h5H2,1-4H3,(H,12,13). The van der Waals surface area contributed by atoms with E-state index in [1.54, 1.807) is 0 Å². The van der Waals surface area contributed by atoms with Gasteiger partial charge in [-0.1, -0.05) is 0 Å². The van der Waals surface area contributed by atoms with Crippen LogP contribution in [-0.2, 0) is 14.3 Å². The summed E-state index contributed by atoms with van der Waals surface area (Å²) in [5.74, 6) is 0.0334. The highest BCUT2D eigenvalue weighted by atomic mass is 32.2. The van der Waals surface area contributed by atoms with Crippen molar-refractivity contribution in [3.8, 4) is 0 Å². The Balaban J connectivity index is 2.44. The molecule has 0 aromatic carbocycles. The minimum absolute atomic E-state index is 0.0368. The lowest BCUT2D eigenvalue weighted by molar-refractivity contribution is -0.144. The van der Waals surface area contributed by atoms with E-state index >= 15 is 0 Å². The Morgan fingerprint density at radius 2 is 1.94 bits per heavy atom. The second kappa shape index (κ2) is 3.26. The number of amides is 1. The molecule has 1 saturated heterocycles. The van der Waals surface area contributed by atoms with Crippen LogP contribution in [0.2, 0.25) is 0 Å². The van der Waals surface area contributed by atoms with E-state index in [-0.39, 0.29) is 11.9 Å². The topological polar surface area (TPSA) is 55.4 Å². The summed E-state index contributed by atoms with van der Waals surface area (Å²) in [6.45, 7) is 7.46. The smallest absolute Gasteiger partial charge is 0.338 e.